The van der Waals surface area contributed by atoms with E-state index in [9.17, 15) is 4.79 Å². The normalized spacial score (nSPS) is 7.87. The Morgan fingerprint density at radius 3 is 2.60 bits per heavy atom. The Hall–Kier alpha value is -1.91. The summed E-state index contributed by atoms with van der Waals surface area (Å²) in [5, 5.41) is 0. The average molecular weight is 198 g/mol. The number of carbonyl (C=O) groups is 1. The van der Waals surface area contributed by atoms with Gasteiger partial charge < -0.3 is 0 Å². The van der Waals surface area contributed by atoms with E-state index in [-0.39, 0.29) is 5.78 Å². The smallest absolute Gasteiger partial charge is 0.132 e. The zero-order chi connectivity index (χ0) is 11.4. The Bertz CT molecular complexity index is 394. The predicted octanol–water partition coefficient (Wildman–Crippen LogP) is 2.33. The minimum Gasteiger partial charge on any atom is -0.300 e. The molecule has 0 aliphatic rings. The van der Waals surface area contributed by atoms with Gasteiger partial charge in [0, 0.05) is 12.8 Å². The average Bonchev–Trinajstić information content (AvgIpc) is 2.26. The van der Waals surface area contributed by atoms with E-state index in [1.54, 1.807) is 13.0 Å². The number of rotatable bonds is 4. The molecule has 0 aliphatic heterocycles. The van der Waals surface area contributed by atoms with Crippen molar-refractivity contribution < 1.29 is 4.79 Å². The highest BCUT2D eigenvalue weighted by molar-refractivity contribution is 5.78. The molecule has 0 N–H and O–H groups in total. The third-order valence-corrected chi connectivity index (χ3v) is 1.57. The number of carbonyl (C=O) groups excluding carboxylic acids is 1. The lowest BCUT2D eigenvalue weighted by atomic mass is 10.2. The SMILES string of the molecule is CC#CC#CC#C/C=C\CCC(=O)CC. The highest BCUT2D eigenvalue weighted by Gasteiger charge is 1.93. The predicted molar refractivity (Wildman–Crippen MR) is 62.7 cm³/mol. The molecule has 0 heterocycles. The molecule has 0 aliphatic carbocycles. The molecule has 0 bridgehead atoms. The van der Waals surface area contributed by atoms with E-state index in [4.69, 9.17) is 0 Å². The van der Waals surface area contributed by atoms with Crippen LogP contribution >= 0.6 is 0 Å². The van der Waals surface area contributed by atoms with E-state index in [0.717, 1.165) is 6.42 Å². The summed E-state index contributed by atoms with van der Waals surface area (Å²) in [5.41, 5.74) is 0. The summed E-state index contributed by atoms with van der Waals surface area (Å²) in [7, 11) is 0. The monoisotopic (exact) mass is 198 g/mol. The van der Waals surface area contributed by atoms with Crippen LogP contribution in [0.15, 0.2) is 12.2 Å². The second-order valence-corrected chi connectivity index (χ2v) is 2.73. The maximum absolute atomic E-state index is 10.9. The molecule has 0 fully saturated rings. The molecular formula is C14H14O. The van der Waals surface area contributed by atoms with Crippen LogP contribution in [0.2, 0.25) is 0 Å². The first kappa shape index (κ1) is 13.1. The molecule has 15 heavy (non-hydrogen) atoms. The van der Waals surface area contributed by atoms with Crippen LogP contribution in [0.5, 0.6) is 0 Å². The molecule has 76 valence electrons. The van der Waals surface area contributed by atoms with Crippen LogP contribution in [0.4, 0.5) is 0 Å². The molecule has 0 saturated heterocycles. The van der Waals surface area contributed by atoms with Crippen LogP contribution in [0, 0.1) is 35.5 Å². The van der Waals surface area contributed by atoms with Gasteiger partial charge in [0.25, 0.3) is 0 Å². The van der Waals surface area contributed by atoms with Gasteiger partial charge in [0.2, 0.25) is 0 Å². The zero-order valence-electron chi connectivity index (χ0n) is 9.18. The highest BCUT2D eigenvalue weighted by Crippen LogP contribution is 1.94. The topological polar surface area (TPSA) is 17.1 Å². The third-order valence-electron chi connectivity index (χ3n) is 1.57. The molecule has 0 radical (unpaired) electrons. The highest BCUT2D eigenvalue weighted by atomic mass is 16.1. The molecule has 0 aromatic heterocycles. The molecule has 0 aromatic rings. The largest absolute Gasteiger partial charge is 0.300 e. The summed E-state index contributed by atoms with van der Waals surface area (Å²) in [6.07, 6.45) is 5.57. The first-order valence-corrected chi connectivity index (χ1v) is 4.90. The standard InChI is InChI=1S/C14H14O/c1-3-5-6-7-8-9-10-11-12-13-14(15)4-2/h10-11H,4,12-13H2,1-2H3/b11-10-. The number of hydrogen-bond acceptors (Lipinski definition) is 1. The van der Waals surface area contributed by atoms with E-state index in [2.05, 4.69) is 35.5 Å². The van der Waals surface area contributed by atoms with E-state index < -0.39 is 0 Å². The van der Waals surface area contributed by atoms with Crippen LogP contribution in [-0.4, -0.2) is 5.78 Å². The van der Waals surface area contributed by atoms with Crippen LogP contribution in [-0.2, 0) is 4.79 Å². The molecule has 1 nitrogen and oxygen atoms in total. The van der Waals surface area contributed by atoms with Crippen molar-refractivity contribution in [2.24, 2.45) is 0 Å². The van der Waals surface area contributed by atoms with Crippen molar-refractivity contribution in [2.75, 3.05) is 0 Å². The van der Waals surface area contributed by atoms with E-state index in [1.165, 1.54) is 0 Å². The lowest BCUT2D eigenvalue weighted by Gasteiger charge is -1.89. The van der Waals surface area contributed by atoms with Gasteiger partial charge in [-0.05, 0) is 43.1 Å². The Balaban J connectivity index is 3.75. The summed E-state index contributed by atoms with van der Waals surface area (Å²) in [5.74, 6) is 16.1. The lowest BCUT2D eigenvalue weighted by Crippen LogP contribution is -1.92. The first-order chi connectivity index (χ1) is 7.31. The molecular weight excluding hydrogens is 184 g/mol. The fourth-order valence-electron chi connectivity index (χ4n) is 0.766. The van der Waals surface area contributed by atoms with Crippen molar-refractivity contribution in [3.63, 3.8) is 0 Å². The molecule has 0 spiro atoms. The van der Waals surface area contributed by atoms with Crippen LogP contribution in [0.25, 0.3) is 0 Å². The Labute approximate surface area is 92.0 Å². The van der Waals surface area contributed by atoms with Gasteiger partial charge in [-0.25, -0.2) is 0 Å². The molecule has 0 rings (SSSR count). The second kappa shape index (κ2) is 10.2. The molecule has 0 amide bonds. The maximum atomic E-state index is 10.9. The number of ketones is 1. The summed E-state index contributed by atoms with van der Waals surface area (Å²) in [4.78, 5) is 10.9. The zero-order valence-corrected chi connectivity index (χ0v) is 9.18. The van der Waals surface area contributed by atoms with Gasteiger partial charge in [-0.15, -0.1) is 0 Å². The minimum absolute atomic E-state index is 0.283. The van der Waals surface area contributed by atoms with Gasteiger partial charge in [0.15, 0.2) is 0 Å². The van der Waals surface area contributed by atoms with Crippen LogP contribution in [0.3, 0.4) is 0 Å². The number of Topliss-reactive ketones (excluding diaryl/α,β-unsaturated/α-hetero) is 1. The summed E-state index contributed by atoms with van der Waals surface area (Å²) in [6.45, 7) is 3.60. The van der Waals surface area contributed by atoms with E-state index in [1.807, 2.05) is 13.0 Å². The summed E-state index contributed by atoms with van der Waals surface area (Å²) in [6, 6.07) is 0. The minimum atomic E-state index is 0.283. The van der Waals surface area contributed by atoms with Gasteiger partial charge in [-0.2, -0.15) is 0 Å². The van der Waals surface area contributed by atoms with Gasteiger partial charge in [-0.3, -0.25) is 4.79 Å². The van der Waals surface area contributed by atoms with Crippen molar-refractivity contribution in [3.05, 3.63) is 12.2 Å². The van der Waals surface area contributed by atoms with Crippen molar-refractivity contribution in [2.45, 2.75) is 33.1 Å². The Morgan fingerprint density at radius 2 is 1.93 bits per heavy atom. The van der Waals surface area contributed by atoms with Gasteiger partial charge in [0.05, 0.1) is 0 Å². The van der Waals surface area contributed by atoms with Gasteiger partial charge >= 0.3 is 0 Å². The third kappa shape index (κ3) is 10.0. The lowest BCUT2D eigenvalue weighted by molar-refractivity contribution is -0.118. The van der Waals surface area contributed by atoms with Crippen LogP contribution in [0.1, 0.15) is 33.1 Å². The van der Waals surface area contributed by atoms with Gasteiger partial charge in [-0.1, -0.05) is 24.8 Å². The number of allylic oxidation sites excluding steroid dienone is 2. The van der Waals surface area contributed by atoms with Crippen molar-refractivity contribution in [1.29, 1.82) is 0 Å². The maximum Gasteiger partial charge on any atom is 0.132 e. The van der Waals surface area contributed by atoms with Crippen molar-refractivity contribution in [1.82, 2.24) is 0 Å². The quantitative estimate of drug-likeness (QED) is 0.634. The van der Waals surface area contributed by atoms with E-state index >= 15 is 0 Å². The van der Waals surface area contributed by atoms with Crippen LogP contribution < -0.4 is 0 Å². The van der Waals surface area contributed by atoms with Crippen molar-refractivity contribution in [3.8, 4) is 35.5 Å². The first-order valence-electron chi connectivity index (χ1n) is 4.90. The molecule has 0 unspecified atom stereocenters. The molecule has 0 atom stereocenters. The fraction of sp³-hybridized carbons (Fsp3) is 0.357. The summed E-state index contributed by atoms with van der Waals surface area (Å²) < 4.78 is 0. The summed E-state index contributed by atoms with van der Waals surface area (Å²) >= 11 is 0. The molecule has 0 aromatic carbocycles. The van der Waals surface area contributed by atoms with Gasteiger partial charge in [0.1, 0.15) is 5.78 Å². The molecule has 1 heteroatoms. The Kier molecular flexibility index (Phi) is 8.88. The van der Waals surface area contributed by atoms with Crippen molar-refractivity contribution >= 4 is 5.78 Å². The van der Waals surface area contributed by atoms with E-state index in [0.29, 0.717) is 12.8 Å². The number of hydrogen-bond donors (Lipinski definition) is 0. The Morgan fingerprint density at radius 1 is 1.20 bits per heavy atom. The fourth-order valence-corrected chi connectivity index (χ4v) is 0.766. The second-order valence-electron chi connectivity index (χ2n) is 2.73. The molecule has 0 saturated carbocycles.